The monoisotopic (exact) mass is 476 g/mol. The molecule has 4 rings (SSSR count). The highest BCUT2D eigenvalue weighted by Crippen LogP contribution is 2.35. The van der Waals surface area contributed by atoms with Crippen molar-refractivity contribution in [3.63, 3.8) is 0 Å². The molecule has 1 fully saturated rings. The van der Waals surface area contributed by atoms with E-state index in [4.69, 9.17) is 21.4 Å². The Kier molecular flexibility index (Phi) is 8.21. The number of ether oxygens (including phenoxy) is 1. The van der Waals surface area contributed by atoms with Gasteiger partial charge in [0.2, 0.25) is 0 Å². The van der Waals surface area contributed by atoms with Gasteiger partial charge in [-0.15, -0.1) is 0 Å². The van der Waals surface area contributed by atoms with Crippen LogP contribution < -0.4 is 4.74 Å². The molecule has 2 N–H and O–H groups in total. The first kappa shape index (κ1) is 24.3. The summed E-state index contributed by atoms with van der Waals surface area (Å²) in [5.74, 6) is 7.02. The van der Waals surface area contributed by atoms with Crippen LogP contribution in [0.2, 0.25) is 5.02 Å². The molecule has 34 heavy (non-hydrogen) atoms. The standard InChI is InChI=1S/C28H29ClN2O3/c29-25-8-5-23(6-9-25)24-7-11-26(30-20-24)10-2-22-3-12-27(13-4-22)34-19-17-31(16-1-18-32)21-28(33)14-15-28/h3-9,11-13,20,32-33H,1,14-19,21H2. The summed E-state index contributed by atoms with van der Waals surface area (Å²) < 4.78 is 5.88. The average Bonchev–Trinajstić information content (AvgIpc) is 3.59. The number of pyridine rings is 1. The molecule has 0 unspecified atom stereocenters. The van der Waals surface area contributed by atoms with Crippen molar-refractivity contribution in [3.05, 3.63) is 83.1 Å². The van der Waals surface area contributed by atoms with Crippen LogP contribution >= 0.6 is 11.6 Å². The van der Waals surface area contributed by atoms with Crippen LogP contribution in [0.3, 0.4) is 0 Å². The van der Waals surface area contributed by atoms with Gasteiger partial charge < -0.3 is 14.9 Å². The van der Waals surface area contributed by atoms with E-state index in [1.165, 1.54) is 0 Å². The molecule has 1 saturated carbocycles. The Morgan fingerprint density at radius 2 is 1.68 bits per heavy atom. The second-order valence-electron chi connectivity index (χ2n) is 8.64. The molecule has 1 aliphatic carbocycles. The van der Waals surface area contributed by atoms with Gasteiger partial charge in [0, 0.05) is 48.6 Å². The highest BCUT2D eigenvalue weighted by molar-refractivity contribution is 6.30. The lowest BCUT2D eigenvalue weighted by atomic mass is 10.1. The van der Waals surface area contributed by atoms with Gasteiger partial charge in [0.15, 0.2) is 0 Å². The second-order valence-corrected chi connectivity index (χ2v) is 9.08. The van der Waals surface area contributed by atoms with Crippen molar-refractivity contribution in [2.45, 2.75) is 24.9 Å². The molecule has 6 heteroatoms. The summed E-state index contributed by atoms with van der Waals surface area (Å²) >= 11 is 5.95. The van der Waals surface area contributed by atoms with E-state index in [1.807, 2.05) is 66.9 Å². The van der Waals surface area contributed by atoms with Gasteiger partial charge in [-0.1, -0.05) is 35.7 Å². The van der Waals surface area contributed by atoms with Gasteiger partial charge >= 0.3 is 0 Å². The minimum atomic E-state index is -0.541. The predicted molar refractivity (Wildman–Crippen MR) is 135 cm³/mol. The fourth-order valence-corrected chi connectivity index (χ4v) is 3.75. The molecule has 0 spiro atoms. The Hall–Kier alpha value is -2.88. The van der Waals surface area contributed by atoms with Crippen LogP contribution in [-0.2, 0) is 0 Å². The smallest absolute Gasteiger partial charge is 0.119 e. The Morgan fingerprint density at radius 3 is 2.32 bits per heavy atom. The highest BCUT2D eigenvalue weighted by atomic mass is 35.5. The normalized spacial score (nSPS) is 13.9. The highest BCUT2D eigenvalue weighted by Gasteiger charge is 2.41. The molecule has 2 aromatic carbocycles. The summed E-state index contributed by atoms with van der Waals surface area (Å²) in [6.45, 7) is 2.78. The van der Waals surface area contributed by atoms with E-state index < -0.39 is 5.60 Å². The first-order chi connectivity index (χ1) is 16.5. The molecule has 0 amide bonds. The predicted octanol–water partition coefficient (Wildman–Crippen LogP) is 4.39. The fraction of sp³-hybridized carbons (Fsp3) is 0.321. The number of aliphatic hydroxyl groups is 2. The van der Waals surface area contributed by atoms with Gasteiger partial charge in [0.05, 0.1) is 5.60 Å². The Bertz CT molecular complexity index is 1120. The summed E-state index contributed by atoms with van der Waals surface area (Å²) in [7, 11) is 0. The molecule has 1 aliphatic rings. The largest absolute Gasteiger partial charge is 0.492 e. The Balaban J connectivity index is 1.28. The van der Waals surface area contributed by atoms with Crippen LogP contribution in [0.25, 0.3) is 11.1 Å². The third kappa shape index (κ3) is 7.31. The lowest BCUT2D eigenvalue weighted by Gasteiger charge is -2.24. The van der Waals surface area contributed by atoms with Crippen LogP contribution in [0, 0.1) is 11.8 Å². The van der Waals surface area contributed by atoms with E-state index >= 15 is 0 Å². The summed E-state index contributed by atoms with van der Waals surface area (Å²) in [6, 6.07) is 19.3. The summed E-state index contributed by atoms with van der Waals surface area (Å²) in [6.07, 6.45) is 4.22. The van der Waals surface area contributed by atoms with E-state index in [1.54, 1.807) is 0 Å². The molecular formula is C28H29ClN2O3. The maximum Gasteiger partial charge on any atom is 0.119 e. The Morgan fingerprint density at radius 1 is 0.941 bits per heavy atom. The topological polar surface area (TPSA) is 65.8 Å². The molecule has 176 valence electrons. The summed E-state index contributed by atoms with van der Waals surface area (Å²) in [5, 5.41) is 20.0. The Labute approximate surface area is 206 Å². The van der Waals surface area contributed by atoms with Gasteiger partial charge in [-0.05, 0) is 73.2 Å². The van der Waals surface area contributed by atoms with Crippen molar-refractivity contribution in [1.82, 2.24) is 9.88 Å². The van der Waals surface area contributed by atoms with Gasteiger partial charge in [-0.25, -0.2) is 4.98 Å². The number of aliphatic hydroxyl groups excluding tert-OH is 1. The van der Waals surface area contributed by atoms with Crippen molar-refractivity contribution in [1.29, 1.82) is 0 Å². The van der Waals surface area contributed by atoms with E-state index in [-0.39, 0.29) is 6.61 Å². The van der Waals surface area contributed by atoms with E-state index in [9.17, 15) is 5.11 Å². The number of halogens is 1. The zero-order valence-electron chi connectivity index (χ0n) is 19.1. The minimum Gasteiger partial charge on any atom is -0.492 e. The molecule has 0 atom stereocenters. The number of rotatable bonds is 10. The van der Waals surface area contributed by atoms with Gasteiger partial charge in [-0.2, -0.15) is 0 Å². The maximum atomic E-state index is 10.2. The maximum absolute atomic E-state index is 10.2. The lowest BCUT2D eigenvalue weighted by Crippen LogP contribution is -2.37. The second kappa shape index (κ2) is 11.5. The SMILES string of the molecule is OCCCN(CCOc1ccc(C#Cc2ccc(-c3ccc(Cl)cc3)cn2)cc1)CC1(O)CC1. The zero-order valence-corrected chi connectivity index (χ0v) is 19.8. The zero-order chi connectivity index (χ0) is 23.8. The number of hydrogen-bond donors (Lipinski definition) is 2. The first-order valence-electron chi connectivity index (χ1n) is 11.6. The van der Waals surface area contributed by atoms with E-state index in [0.29, 0.717) is 36.8 Å². The van der Waals surface area contributed by atoms with Crippen molar-refractivity contribution < 1.29 is 14.9 Å². The van der Waals surface area contributed by atoms with Crippen LogP contribution in [0.4, 0.5) is 0 Å². The third-order valence-electron chi connectivity index (χ3n) is 5.78. The lowest BCUT2D eigenvalue weighted by molar-refractivity contribution is 0.0800. The van der Waals surface area contributed by atoms with E-state index in [2.05, 4.69) is 21.7 Å². The van der Waals surface area contributed by atoms with Crippen molar-refractivity contribution >= 4 is 11.6 Å². The summed E-state index contributed by atoms with van der Waals surface area (Å²) in [5.41, 5.74) is 3.13. The minimum absolute atomic E-state index is 0.153. The fourth-order valence-electron chi connectivity index (χ4n) is 3.63. The van der Waals surface area contributed by atoms with E-state index in [0.717, 1.165) is 41.8 Å². The molecule has 5 nitrogen and oxygen atoms in total. The molecule has 1 heterocycles. The first-order valence-corrected chi connectivity index (χ1v) is 11.9. The molecule has 0 aliphatic heterocycles. The molecule has 0 radical (unpaired) electrons. The van der Waals surface area contributed by atoms with Gasteiger partial charge in [0.1, 0.15) is 18.1 Å². The van der Waals surface area contributed by atoms with Crippen molar-refractivity contribution in [2.24, 2.45) is 0 Å². The van der Waals surface area contributed by atoms with Gasteiger partial charge in [0.25, 0.3) is 0 Å². The van der Waals surface area contributed by atoms with Crippen molar-refractivity contribution in [3.8, 4) is 28.7 Å². The van der Waals surface area contributed by atoms with Crippen LogP contribution in [0.1, 0.15) is 30.5 Å². The number of nitrogens with zero attached hydrogens (tertiary/aromatic N) is 2. The molecular weight excluding hydrogens is 448 g/mol. The quantitative estimate of drug-likeness (QED) is 0.425. The third-order valence-corrected chi connectivity index (χ3v) is 6.04. The number of hydrogen-bond acceptors (Lipinski definition) is 5. The molecule has 1 aromatic heterocycles. The molecule has 0 saturated heterocycles. The van der Waals surface area contributed by atoms with Crippen molar-refractivity contribution in [2.75, 3.05) is 32.8 Å². The number of aromatic nitrogens is 1. The average molecular weight is 477 g/mol. The van der Waals surface area contributed by atoms with Crippen LogP contribution in [0.15, 0.2) is 66.9 Å². The van der Waals surface area contributed by atoms with Gasteiger partial charge in [-0.3, -0.25) is 4.90 Å². The molecule has 0 bridgehead atoms. The summed E-state index contributed by atoms with van der Waals surface area (Å²) in [4.78, 5) is 6.61. The number of benzene rings is 2. The molecule has 3 aromatic rings. The van der Waals surface area contributed by atoms with Crippen LogP contribution in [0.5, 0.6) is 5.75 Å². The van der Waals surface area contributed by atoms with Crippen LogP contribution in [-0.4, -0.2) is 58.5 Å².